The van der Waals surface area contributed by atoms with Crippen LogP contribution in [0.25, 0.3) is 11.3 Å². The van der Waals surface area contributed by atoms with E-state index < -0.39 is 28.9 Å². The predicted molar refractivity (Wildman–Crippen MR) is 120 cm³/mol. The third-order valence-corrected chi connectivity index (χ3v) is 5.17. The van der Waals surface area contributed by atoms with Crippen LogP contribution < -0.4 is 4.74 Å². The zero-order valence-electron chi connectivity index (χ0n) is 20.1. The van der Waals surface area contributed by atoms with E-state index in [4.69, 9.17) is 4.74 Å². The van der Waals surface area contributed by atoms with Gasteiger partial charge in [0.1, 0.15) is 18.7 Å². The number of amides is 1. The van der Waals surface area contributed by atoms with Crippen molar-refractivity contribution in [1.29, 1.82) is 0 Å². The maximum absolute atomic E-state index is 13.9. The van der Waals surface area contributed by atoms with Crippen molar-refractivity contribution in [2.75, 3.05) is 6.61 Å². The fourth-order valence-electron chi connectivity index (χ4n) is 4.30. The summed E-state index contributed by atoms with van der Waals surface area (Å²) in [5.41, 5.74) is -1.49. The van der Waals surface area contributed by atoms with Gasteiger partial charge in [-0.2, -0.15) is 13.2 Å². The van der Waals surface area contributed by atoms with Gasteiger partial charge in [-0.1, -0.05) is 13.8 Å². The molecule has 2 rings (SSSR count). The fraction of sp³-hybridized carbons (Fsp3) is 0.542. The largest absolute Gasteiger partial charge is 0.491 e. The van der Waals surface area contributed by atoms with Gasteiger partial charge in [-0.05, 0) is 71.2 Å². The van der Waals surface area contributed by atoms with Crippen molar-refractivity contribution in [1.82, 2.24) is 14.9 Å². The third-order valence-electron chi connectivity index (χ3n) is 5.17. The molecule has 33 heavy (non-hydrogen) atoms. The van der Waals surface area contributed by atoms with Crippen LogP contribution in [0.5, 0.6) is 5.75 Å². The lowest BCUT2D eigenvalue weighted by atomic mass is 9.86. The van der Waals surface area contributed by atoms with Gasteiger partial charge < -0.3 is 9.84 Å². The molecule has 0 saturated carbocycles. The molecule has 9 heteroatoms. The van der Waals surface area contributed by atoms with E-state index in [1.807, 2.05) is 13.8 Å². The summed E-state index contributed by atoms with van der Waals surface area (Å²) >= 11 is 0. The zero-order chi connectivity index (χ0) is 25.2. The average molecular weight is 468 g/mol. The summed E-state index contributed by atoms with van der Waals surface area (Å²) in [6.45, 7) is 12.3. The molecule has 0 spiro atoms. The van der Waals surface area contributed by atoms with Crippen LogP contribution in [-0.2, 0) is 6.18 Å². The highest BCUT2D eigenvalue weighted by Gasteiger charge is 2.44. The summed E-state index contributed by atoms with van der Waals surface area (Å²) in [6, 6.07) is 5.36. The SMILES string of the molecule is Cc1cc(-c2ccc(OC[C@](C)(CC(C)C)N(C(=O)O)C(C)(C)C)c(C(F)(F)F)c2)ncn1. The highest BCUT2D eigenvalue weighted by Crippen LogP contribution is 2.40. The molecule has 0 fully saturated rings. The van der Waals surface area contributed by atoms with E-state index in [2.05, 4.69) is 9.97 Å². The molecule has 1 aromatic carbocycles. The molecular weight excluding hydrogens is 435 g/mol. The van der Waals surface area contributed by atoms with Gasteiger partial charge in [0.2, 0.25) is 0 Å². The van der Waals surface area contributed by atoms with Crippen molar-refractivity contribution in [3.05, 3.63) is 41.9 Å². The fourth-order valence-corrected chi connectivity index (χ4v) is 4.30. The van der Waals surface area contributed by atoms with Crippen molar-refractivity contribution < 1.29 is 27.8 Å². The minimum absolute atomic E-state index is 0.0910. The molecule has 0 radical (unpaired) electrons. The van der Waals surface area contributed by atoms with Gasteiger partial charge in [-0.25, -0.2) is 14.8 Å². The Morgan fingerprint density at radius 1 is 1.12 bits per heavy atom. The molecule has 1 heterocycles. The van der Waals surface area contributed by atoms with Gasteiger partial charge in [-0.15, -0.1) is 0 Å². The van der Waals surface area contributed by atoms with Crippen molar-refractivity contribution in [2.45, 2.75) is 72.1 Å². The van der Waals surface area contributed by atoms with E-state index in [0.717, 1.165) is 6.07 Å². The number of benzene rings is 1. The summed E-state index contributed by atoms with van der Waals surface area (Å²) in [5, 5.41) is 9.90. The Labute approximate surface area is 192 Å². The second kappa shape index (κ2) is 9.57. The smallest absolute Gasteiger partial charge is 0.419 e. The van der Waals surface area contributed by atoms with Crippen LogP contribution in [0.1, 0.15) is 59.2 Å². The van der Waals surface area contributed by atoms with Crippen LogP contribution in [0.3, 0.4) is 0 Å². The molecule has 0 unspecified atom stereocenters. The van der Waals surface area contributed by atoms with E-state index in [1.54, 1.807) is 40.7 Å². The lowest BCUT2D eigenvalue weighted by Gasteiger charge is -2.47. The number of rotatable bonds is 7. The van der Waals surface area contributed by atoms with E-state index in [1.165, 1.54) is 23.4 Å². The highest BCUT2D eigenvalue weighted by atomic mass is 19.4. The average Bonchev–Trinajstić information content (AvgIpc) is 2.63. The number of carbonyl (C=O) groups is 1. The highest BCUT2D eigenvalue weighted by molar-refractivity contribution is 5.67. The maximum Gasteiger partial charge on any atom is 0.419 e. The molecule has 1 aromatic heterocycles. The Balaban J connectivity index is 2.47. The first-order chi connectivity index (χ1) is 15.0. The van der Waals surface area contributed by atoms with Gasteiger partial charge in [0.15, 0.2) is 0 Å². The Morgan fingerprint density at radius 2 is 1.76 bits per heavy atom. The van der Waals surface area contributed by atoms with Crippen LogP contribution in [0, 0.1) is 12.8 Å². The Morgan fingerprint density at radius 3 is 2.24 bits per heavy atom. The number of aromatic nitrogens is 2. The van der Waals surface area contributed by atoms with Gasteiger partial charge in [-0.3, -0.25) is 4.90 Å². The molecule has 0 saturated heterocycles. The standard InChI is InChI=1S/C24H32F3N3O3/c1-15(2)12-23(7,30(21(31)32)22(4,5)6)13-33-20-9-8-17(11-18(20)24(25,26)27)19-10-16(3)28-14-29-19/h8-11,14-15H,12-13H2,1-7H3,(H,31,32)/t23-/m0/s1. The number of hydrogen-bond donors (Lipinski definition) is 1. The molecule has 1 atom stereocenters. The second-order valence-corrected chi connectivity index (χ2v) is 9.93. The molecular formula is C24H32F3N3O3. The topological polar surface area (TPSA) is 75.5 Å². The van der Waals surface area contributed by atoms with E-state index >= 15 is 0 Å². The molecule has 1 N–H and O–H groups in total. The maximum atomic E-state index is 13.9. The summed E-state index contributed by atoms with van der Waals surface area (Å²) in [4.78, 5) is 21.4. The monoisotopic (exact) mass is 467 g/mol. The normalized spacial score (nSPS) is 14.2. The Bertz CT molecular complexity index is 987. The van der Waals surface area contributed by atoms with Gasteiger partial charge >= 0.3 is 12.3 Å². The van der Waals surface area contributed by atoms with Gasteiger partial charge in [0.05, 0.1) is 16.8 Å². The van der Waals surface area contributed by atoms with Crippen LogP contribution in [0.2, 0.25) is 0 Å². The van der Waals surface area contributed by atoms with E-state index in [-0.39, 0.29) is 23.8 Å². The van der Waals surface area contributed by atoms with E-state index in [9.17, 15) is 23.1 Å². The zero-order valence-corrected chi connectivity index (χ0v) is 20.1. The van der Waals surface area contributed by atoms with Crippen molar-refractivity contribution >= 4 is 6.09 Å². The molecule has 0 bridgehead atoms. The molecule has 1 amide bonds. The first-order valence-electron chi connectivity index (χ1n) is 10.7. The quantitative estimate of drug-likeness (QED) is 0.508. The number of nitrogens with zero attached hydrogens (tertiary/aromatic N) is 3. The molecule has 6 nitrogen and oxygen atoms in total. The number of hydrogen-bond acceptors (Lipinski definition) is 4. The molecule has 0 aliphatic rings. The molecule has 0 aliphatic heterocycles. The number of ether oxygens (including phenoxy) is 1. The molecule has 182 valence electrons. The minimum Gasteiger partial charge on any atom is -0.491 e. The number of carboxylic acid groups (broad SMARTS) is 1. The van der Waals surface area contributed by atoms with Crippen LogP contribution in [0.4, 0.5) is 18.0 Å². The van der Waals surface area contributed by atoms with Crippen LogP contribution in [-0.4, -0.2) is 43.8 Å². The lowest BCUT2D eigenvalue weighted by Crippen LogP contribution is -2.61. The molecule has 2 aromatic rings. The molecule has 0 aliphatic carbocycles. The first kappa shape index (κ1) is 26.4. The van der Waals surface area contributed by atoms with E-state index in [0.29, 0.717) is 17.8 Å². The third kappa shape index (κ3) is 6.58. The summed E-state index contributed by atoms with van der Waals surface area (Å²) in [7, 11) is 0. The number of alkyl halides is 3. The number of halogens is 3. The van der Waals surface area contributed by atoms with Gasteiger partial charge in [0, 0.05) is 16.8 Å². The Kier molecular flexibility index (Phi) is 7.66. The summed E-state index contributed by atoms with van der Waals surface area (Å²) in [5.74, 6) is -0.264. The van der Waals surface area contributed by atoms with Gasteiger partial charge in [0.25, 0.3) is 0 Å². The van der Waals surface area contributed by atoms with Crippen molar-refractivity contribution in [3.63, 3.8) is 0 Å². The number of aryl methyl sites for hydroxylation is 1. The first-order valence-corrected chi connectivity index (χ1v) is 10.7. The second-order valence-electron chi connectivity index (χ2n) is 9.93. The summed E-state index contributed by atoms with van der Waals surface area (Å²) < 4.78 is 47.4. The van der Waals surface area contributed by atoms with Crippen molar-refractivity contribution in [3.8, 4) is 17.0 Å². The minimum atomic E-state index is -4.67. The van der Waals surface area contributed by atoms with Crippen molar-refractivity contribution in [2.24, 2.45) is 5.92 Å². The summed E-state index contributed by atoms with van der Waals surface area (Å²) in [6.07, 6.45) is -4.11. The van der Waals surface area contributed by atoms with Crippen LogP contribution in [0.15, 0.2) is 30.6 Å². The predicted octanol–water partition coefficient (Wildman–Crippen LogP) is 6.43. The van der Waals surface area contributed by atoms with Crippen LogP contribution >= 0.6 is 0 Å². The Hall–Kier alpha value is -2.84. The lowest BCUT2D eigenvalue weighted by molar-refractivity contribution is -0.139.